The van der Waals surface area contributed by atoms with Crippen molar-refractivity contribution < 1.29 is 27.3 Å². The van der Waals surface area contributed by atoms with E-state index in [9.17, 15) is 8.42 Å². The van der Waals surface area contributed by atoms with Crippen LogP contribution in [0.25, 0.3) is 0 Å². The Bertz CT molecular complexity index is 340. The van der Waals surface area contributed by atoms with Crippen LogP contribution in [0.1, 0.15) is 5.56 Å². The van der Waals surface area contributed by atoms with Gasteiger partial charge in [-0.15, -0.1) is 0 Å². The predicted octanol–water partition coefficient (Wildman–Crippen LogP) is -1.44. The Morgan fingerprint density at radius 2 is 1.58 bits per heavy atom. The van der Waals surface area contributed by atoms with Crippen molar-refractivity contribution in [1.29, 1.82) is 0 Å². The number of rotatable bonds is 1. The number of sulfone groups is 1. The number of hydrogen-bond donors (Lipinski definition) is 0. The van der Waals surface area contributed by atoms with E-state index < -0.39 is 9.84 Å². The molecule has 60 valence electrons. The van der Waals surface area contributed by atoms with Crippen molar-refractivity contribution in [1.82, 2.24) is 0 Å². The number of benzene rings is 1. The van der Waals surface area contributed by atoms with Gasteiger partial charge in [0, 0.05) is 14.7 Å². The second-order valence-electron chi connectivity index (χ2n) is 2.43. The summed E-state index contributed by atoms with van der Waals surface area (Å²) in [5.74, 6) is 0. The first kappa shape index (κ1) is 11.8. The van der Waals surface area contributed by atoms with Crippen molar-refractivity contribution in [3.8, 4) is 0 Å². The summed E-state index contributed by atoms with van der Waals surface area (Å²) < 4.78 is 21.7. The molecule has 1 aromatic rings. The minimum atomic E-state index is -3.27. The van der Waals surface area contributed by atoms with Crippen LogP contribution in [0.3, 0.4) is 0 Å². The van der Waals surface area contributed by atoms with Gasteiger partial charge < -0.3 is 0 Å². The Morgan fingerprint density at radius 3 is 1.92 bits per heavy atom. The van der Waals surface area contributed by atoms with E-state index in [1.165, 1.54) is 0 Å². The molecule has 0 saturated carbocycles. The molecule has 0 saturated heterocycles. The van der Waals surface area contributed by atoms with Gasteiger partial charge in [-0.25, -0.2) is 6.26 Å². The van der Waals surface area contributed by atoms with Crippen LogP contribution in [0.15, 0.2) is 29.2 Å². The zero-order valence-electron chi connectivity index (χ0n) is 7.24. The van der Waals surface area contributed by atoms with Gasteiger partial charge in [-0.05, 0) is 19.1 Å². The Kier molecular flexibility index (Phi) is 4.05. The summed E-state index contributed by atoms with van der Waals surface area (Å²) in [5.41, 5.74) is 1.04. The molecule has 12 heavy (non-hydrogen) atoms. The molecule has 0 fully saturated rings. The monoisotopic (exact) mass is 176 g/mol. The van der Waals surface area contributed by atoms with Crippen LogP contribution in [0.4, 0.5) is 0 Å². The fourth-order valence-corrected chi connectivity index (χ4v) is 1.30. The number of hydrogen-bond acceptors (Lipinski definition) is 2. The predicted molar refractivity (Wildman–Crippen MR) is 43.7 cm³/mol. The number of aryl methyl sites for hydroxylation is 1. The molecule has 0 aromatic heterocycles. The summed E-state index contributed by atoms with van der Waals surface area (Å²) in [6.07, 6.45) is 3.04. The fourth-order valence-electron chi connectivity index (χ4n) is 0.746. The molecule has 0 aliphatic heterocycles. The molecule has 0 atom stereocenters. The quantitative estimate of drug-likeness (QED) is 0.388. The van der Waals surface area contributed by atoms with Crippen LogP contribution >= 0.6 is 0 Å². The van der Waals surface area contributed by atoms with E-state index in [1.807, 2.05) is 6.92 Å². The minimum Gasteiger partial charge on any atom is -0.258 e. The molecule has 0 amide bonds. The zero-order chi connectivity index (χ0) is 8.48. The normalized spacial score (nSPS) is 10.5. The molecule has 0 aliphatic rings. The van der Waals surface area contributed by atoms with E-state index in [-0.39, 0.29) is 23.8 Å². The van der Waals surface area contributed by atoms with Gasteiger partial charge in [0.25, 0.3) is 0 Å². The summed E-state index contributed by atoms with van der Waals surface area (Å²) in [6.45, 7) is 1.90. The van der Waals surface area contributed by atoms with E-state index in [0.717, 1.165) is 5.56 Å². The maximum atomic E-state index is 10.8. The second kappa shape index (κ2) is 4.13. The molecule has 0 aliphatic carbocycles. The van der Waals surface area contributed by atoms with Crippen LogP contribution in [-0.4, -0.2) is 8.42 Å². The van der Waals surface area contributed by atoms with E-state index in [4.69, 9.17) is 0 Å². The standard InChI is InChI=1S/C8H9O2S.Li/c1-7-3-5-8(6-4-7)11(2,9)10;/h3-6H,2H2,1H3;/q-1;+1. The smallest absolute Gasteiger partial charge is 0.258 e. The summed E-state index contributed by atoms with van der Waals surface area (Å²) in [6, 6.07) is 6.60. The maximum absolute atomic E-state index is 10.8. The molecule has 1 aromatic carbocycles. The van der Waals surface area contributed by atoms with Crippen molar-refractivity contribution in [2.75, 3.05) is 0 Å². The Morgan fingerprint density at radius 1 is 1.17 bits per heavy atom. The minimum absolute atomic E-state index is 0. The van der Waals surface area contributed by atoms with Crippen LogP contribution in [-0.2, 0) is 9.84 Å². The van der Waals surface area contributed by atoms with Crippen LogP contribution in [0.2, 0.25) is 0 Å². The van der Waals surface area contributed by atoms with Crippen molar-refractivity contribution in [3.63, 3.8) is 0 Å². The van der Waals surface area contributed by atoms with Crippen molar-refractivity contribution in [2.45, 2.75) is 11.8 Å². The average molecular weight is 176 g/mol. The van der Waals surface area contributed by atoms with Gasteiger partial charge in [-0.3, -0.25) is 8.42 Å². The van der Waals surface area contributed by atoms with Crippen LogP contribution in [0, 0.1) is 13.2 Å². The summed E-state index contributed by atoms with van der Waals surface area (Å²) in [4.78, 5) is 0.267. The molecule has 0 bridgehead atoms. The fraction of sp³-hybridized carbons (Fsp3) is 0.125. The second-order valence-corrected chi connectivity index (χ2v) is 4.13. The largest absolute Gasteiger partial charge is 1.00 e. The van der Waals surface area contributed by atoms with Gasteiger partial charge in [0.15, 0.2) is 0 Å². The van der Waals surface area contributed by atoms with E-state index in [0.29, 0.717) is 0 Å². The first-order chi connectivity index (χ1) is 5.00. The van der Waals surface area contributed by atoms with E-state index in [2.05, 4.69) is 6.26 Å². The van der Waals surface area contributed by atoms with Gasteiger partial charge in [0.2, 0.25) is 0 Å². The molecule has 0 heterocycles. The van der Waals surface area contributed by atoms with Crippen molar-refractivity contribution in [3.05, 3.63) is 36.1 Å². The zero-order valence-corrected chi connectivity index (χ0v) is 8.06. The molecular weight excluding hydrogens is 167 g/mol. The topological polar surface area (TPSA) is 34.1 Å². The Balaban J connectivity index is 0.00000121. The molecule has 1 rings (SSSR count). The third-order valence-electron chi connectivity index (χ3n) is 1.38. The maximum Gasteiger partial charge on any atom is 1.00 e. The van der Waals surface area contributed by atoms with Crippen molar-refractivity contribution >= 4 is 9.84 Å². The SMILES string of the molecule is [CH2-]S(=O)(=O)c1ccc(C)cc1.[Li+]. The third-order valence-corrected chi connectivity index (χ3v) is 2.37. The van der Waals surface area contributed by atoms with Crippen molar-refractivity contribution in [2.24, 2.45) is 0 Å². The van der Waals surface area contributed by atoms with E-state index in [1.54, 1.807) is 24.3 Å². The van der Waals surface area contributed by atoms with Gasteiger partial charge >= 0.3 is 18.9 Å². The average Bonchev–Trinajstić information content (AvgIpc) is 1.86. The van der Waals surface area contributed by atoms with Gasteiger partial charge in [0.1, 0.15) is 0 Å². The van der Waals surface area contributed by atoms with Gasteiger partial charge in [-0.1, -0.05) is 17.7 Å². The molecule has 0 radical (unpaired) electrons. The molecule has 0 unspecified atom stereocenters. The van der Waals surface area contributed by atoms with Gasteiger partial charge in [-0.2, -0.15) is 0 Å². The van der Waals surface area contributed by atoms with E-state index >= 15 is 0 Å². The third kappa shape index (κ3) is 3.02. The molecule has 0 spiro atoms. The molecule has 0 N–H and O–H groups in total. The Labute approximate surface area is 85.1 Å². The summed E-state index contributed by atoms with van der Waals surface area (Å²) in [7, 11) is -3.27. The molecule has 2 nitrogen and oxygen atoms in total. The Hall–Kier alpha value is -0.233. The first-order valence-electron chi connectivity index (χ1n) is 3.15. The first-order valence-corrected chi connectivity index (χ1v) is 4.80. The van der Waals surface area contributed by atoms with Crippen LogP contribution in [0.5, 0.6) is 0 Å². The molecular formula is C8H9LiO2S. The summed E-state index contributed by atoms with van der Waals surface area (Å²) >= 11 is 0. The van der Waals surface area contributed by atoms with Crippen LogP contribution < -0.4 is 18.9 Å². The van der Waals surface area contributed by atoms with Gasteiger partial charge in [0.05, 0.1) is 0 Å². The molecule has 4 heteroatoms. The summed E-state index contributed by atoms with van der Waals surface area (Å²) in [5, 5.41) is 0.